The Kier molecular flexibility index (Phi) is 3.60. The number of ketones is 1. The van der Waals surface area contributed by atoms with Crippen LogP contribution in [0.4, 0.5) is 0 Å². The molecule has 0 N–H and O–H groups in total. The number of tetrazole rings is 1. The fourth-order valence-corrected chi connectivity index (χ4v) is 3.80. The molecule has 0 spiro atoms. The molecule has 0 bridgehead atoms. The molecule has 3 heterocycles. The van der Waals surface area contributed by atoms with Gasteiger partial charge in [0.25, 0.3) is 0 Å². The van der Waals surface area contributed by atoms with Gasteiger partial charge in [0.15, 0.2) is 5.65 Å². The van der Waals surface area contributed by atoms with E-state index in [9.17, 15) is 4.79 Å². The smallest absolute Gasteiger partial charge is 0.218 e. The maximum Gasteiger partial charge on any atom is 0.218 e. The Labute approximate surface area is 164 Å². The largest absolute Gasteiger partial charge is 0.360 e. The average molecular weight is 392 g/mol. The zero-order valence-electron chi connectivity index (χ0n) is 15.0. The Hall–Kier alpha value is -3.45. The average Bonchev–Trinajstić information content (AvgIpc) is 3.35. The predicted octanol–water partition coefficient (Wildman–Crippen LogP) is 4.07. The van der Waals surface area contributed by atoms with Gasteiger partial charge in [-0.2, -0.15) is 4.52 Å². The summed E-state index contributed by atoms with van der Waals surface area (Å²) in [6.45, 7) is 1.71. The third-order valence-electron chi connectivity index (χ3n) is 4.84. The number of fused-ring (bicyclic) bond motifs is 3. The number of hydrogen-bond donors (Lipinski definition) is 0. The minimum atomic E-state index is -0.245. The zero-order chi connectivity index (χ0) is 19.4. The van der Waals surface area contributed by atoms with E-state index in [1.807, 2.05) is 42.5 Å². The van der Waals surface area contributed by atoms with E-state index in [4.69, 9.17) is 16.1 Å². The minimum absolute atomic E-state index is 0.245. The van der Waals surface area contributed by atoms with Gasteiger partial charge in [-0.3, -0.25) is 4.79 Å². The standard InChI is InChI=1S/C20H14ClN5O2/c1-11-16(17(22-28-11)14-9-5-6-10-15(14)21)19(27)18-12-7-3-4-8-13(12)20-25(2)23-24-26(18)20/h3-10H,1-2H3. The molecule has 0 aliphatic rings. The van der Waals surface area contributed by atoms with Crippen molar-refractivity contribution in [3.8, 4) is 11.3 Å². The maximum atomic E-state index is 13.7. The summed E-state index contributed by atoms with van der Waals surface area (Å²) in [6, 6.07) is 14.9. The van der Waals surface area contributed by atoms with E-state index in [0.717, 1.165) is 16.4 Å². The second-order valence-electron chi connectivity index (χ2n) is 6.50. The first-order valence-electron chi connectivity index (χ1n) is 8.63. The van der Waals surface area contributed by atoms with Gasteiger partial charge in [-0.05, 0) is 23.4 Å². The highest BCUT2D eigenvalue weighted by Gasteiger charge is 2.29. The van der Waals surface area contributed by atoms with Crippen molar-refractivity contribution in [3.05, 3.63) is 70.6 Å². The third kappa shape index (κ3) is 2.23. The summed E-state index contributed by atoms with van der Waals surface area (Å²) in [5, 5.41) is 14.5. The Balaban J connectivity index is 1.81. The van der Waals surface area contributed by atoms with E-state index in [0.29, 0.717) is 33.3 Å². The molecule has 0 saturated heterocycles. The molecule has 7 nitrogen and oxygen atoms in total. The molecule has 28 heavy (non-hydrogen) atoms. The number of rotatable bonds is 3. The number of carbonyl (C=O) groups is 1. The lowest BCUT2D eigenvalue weighted by atomic mass is 9.99. The van der Waals surface area contributed by atoms with Gasteiger partial charge >= 0.3 is 0 Å². The highest BCUT2D eigenvalue weighted by molar-refractivity contribution is 6.33. The molecule has 3 aromatic heterocycles. The number of nitrogens with zero attached hydrogens (tertiary/aromatic N) is 5. The summed E-state index contributed by atoms with van der Waals surface area (Å²) in [6.07, 6.45) is 0. The summed E-state index contributed by atoms with van der Waals surface area (Å²) in [5.74, 6) is 0.174. The first-order chi connectivity index (χ1) is 13.6. The van der Waals surface area contributed by atoms with Crippen molar-refractivity contribution in [2.24, 2.45) is 7.05 Å². The van der Waals surface area contributed by atoms with Crippen molar-refractivity contribution in [2.45, 2.75) is 6.92 Å². The van der Waals surface area contributed by atoms with Gasteiger partial charge in [-0.1, -0.05) is 59.2 Å². The second-order valence-corrected chi connectivity index (χ2v) is 6.91. The van der Waals surface area contributed by atoms with E-state index < -0.39 is 0 Å². The van der Waals surface area contributed by atoms with Crippen LogP contribution in [0.5, 0.6) is 0 Å². The van der Waals surface area contributed by atoms with E-state index in [-0.39, 0.29) is 5.78 Å². The molecule has 2 aromatic carbocycles. The van der Waals surface area contributed by atoms with Gasteiger partial charge in [-0.25, -0.2) is 4.68 Å². The Bertz CT molecular complexity index is 1380. The second kappa shape index (κ2) is 6.03. The quantitative estimate of drug-likeness (QED) is 0.433. The lowest BCUT2D eigenvalue weighted by molar-refractivity contribution is 0.103. The van der Waals surface area contributed by atoms with Crippen LogP contribution in [0.2, 0.25) is 5.02 Å². The van der Waals surface area contributed by atoms with E-state index >= 15 is 0 Å². The molecule has 0 radical (unpaired) electrons. The molecular weight excluding hydrogens is 378 g/mol. The number of hydrogen-bond acceptors (Lipinski definition) is 5. The van der Waals surface area contributed by atoms with Crippen LogP contribution in [-0.2, 0) is 7.05 Å². The molecular formula is C20H14ClN5O2. The molecule has 0 unspecified atom stereocenters. The molecule has 138 valence electrons. The van der Waals surface area contributed by atoms with E-state index in [2.05, 4.69) is 15.6 Å². The Morgan fingerprint density at radius 1 is 1.04 bits per heavy atom. The van der Waals surface area contributed by atoms with Gasteiger partial charge in [-0.15, -0.1) is 0 Å². The lowest BCUT2D eigenvalue weighted by Gasteiger charge is -2.04. The molecule has 5 aromatic rings. The van der Waals surface area contributed by atoms with Crippen molar-refractivity contribution in [1.29, 1.82) is 0 Å². The summed E-state index contributed by atoms with van der Waals surface area (Å²) in [7, 11) is 1.79. The van der Waals surface area contributed by atoms with Gasteiger partial charge in [0.2, 0.25) is 5.78 Å². The Morgan fingerprint density at radius 2 is 1.75 bits per heavy atom. The molecule has 0 atom stereocenters. The van der Waals surface area contributed by atoms with Crippen molar-refractivity contribution >= 4 is 33.8 Å². The first-order valence-corrected chi connectivity index (χ1v) is 9.00. The number of carbonyl (C=O) groups excluding carboxylic acids is 1. The highest BCUT2D eigenvalue weighted by atomic mass is 35.5. The molecule has 0 aliphatic carbocycles. The maximum absolute atomic E-state index is 13.7. The van der Waals surface area contributed by atoms with Gasteiger partial charge in [0.1, 0.15) is 17.1 Å². The number of aryl methyl sites for hydroxylation is 2. The van der Waals surface area contributed by atoms with Crippen molar-refractivity contribution in [3.63, 3.8) is 0 Å². The number of aromatic nitrogens is 5. The predicted molar refractivity (Wildman–Crippen MR) is 105 cm³/mol. The summed E-state index contributed by atoms with van der Waals surface area (Å²) in [4.78, 5) is 13.7. The molecule has 5 rings (SSSR count). The van der Waals surface area contributed by atoms with Crippen LogP contribution in [0.3, 0.4) is 0 Å². The summed E-state index contributed by atoms with van der Waals surface area (Å²) >= 11 is 6.34. The van der Waals surface area contributed by atoms with Crippen molar-refractivity contribution in [2.75, 3.05) is 0 Å². The fourth-order valence-electron chi connectivity index (χ4n) is 3.57. The normalized spacial score (nSPS) is 11.5. The topological polar surface area (TPSA) is 78.2 Å². The van der Waals surface area contributed by atoms with E-state index in [1.165, 1.54) is 0 Å². The highest BCUT2D eigenvalue weighted by Crippen LogP contribution is 2.34. The van der Waals surface area contributed by atoms with Crippen molar-refractivity contribution < 1.29 is 9.32 Å². The van der Waals surface area contributed by atoms with Crippen LogP contribution >= 0.6 is 11.6 Å². The van der Waals surface area contributed by atoms with Crippen LogP contribution in [0.1, 0.15) is 21.8 Å². The molecule has 0 fully saturated rings. The summed E-state index contributed by atoms with van der Waals surface area (Å²) < 4.78 is 8.59. The van der Waals surface area contributed by atoms with Crippen LogP contribution in [0.25, 0.3) is 27.7 Å². The third-order valence-corrected chi connectivity index (χ3v) is 5.17. The zero-order valence-corrected chi connectivity index (χ0v) is 15.8. The van der Waals surface area contributed by atoms with Gasteiger partial charge in [0, 0.05) is 23.4 Å². The molecule has 8 heteroatoms. The first kappa shape index (κ1) is 16.7. The minimum Gasteiger partial charge on any atom is -0.360 e. The van der Waals surface area contributed by atoms with Crippen molar-refractivity contribution in [1.82, 2.24) is 24.8 Å². The molecule has 0 amide bonds. The fraction of sp³-hybridized carbons (Fsp3) is 0.100. The summed E-state index contributed by atoms with van der Waals surface area (Å²) in [5.41, 5.74) is 2.58. The van der Waals surface area contributed by atoms with Crippen LogP contribution < -0.4 is 0 Å². The van der Waals surface area contributed by atoms with Crippen LogP contribution in [0.15, 0.2) is 53.1 Å². The Morgan fingerprint density at radius 3 is 2.54 bits per heavy atom. The number of benzene rings is 2. The van der Waals surface area contributed by atoms with Crippen LogP contribution in [0, 0.1) is 6.92 Å². The lowest BCUT2D eigenvalue weighted by Crippen LogP contribution is -2.08. The molecule has 0 saturated carbocycles. The monoisotopic (exact) mass is 391 g/mol. The number of halogens is 1. The molecule has 0 aliphatic heterocycles. The van der Waals surface area contributed by atoms with E-state index in [1.54, 1.807) is 29.2 Å². The van der Waals surface area contributed by atoms with Crippen LogP contribution in [-0.4, -0.2) is 30.6 Å². The SMILES string of the molecule is Cc1onc(-c2ccccc2Cl)c1C(=O)c1c2ccccc2c2n(C)nnn12. The van der Waals surface area contributed by atoms with Gasteiger partial charge in [0.05, 0.1) is 10.6 Å². The van der Waals surface area contributed by atoms with Gasteiger partial charge < -0.3 is 4.52 Å².